The van der Waals surface area contributed by atoms with Crippen molar-refractivity contribution in [3.8, 4) is 0 Å². The van der Waals surface area contributed by atoms with Gasteiger partial charge in [-0.1, -0.05) is 0 Å². The average molecular weight is 400 g/mol. The summed E-state index contributed by atoms with van der Waals surface area (Å²) in [6.45, 7) is 6.23. The molecule has 1 saturated carbocycles. The number of ether oxygens (including phenoxy) is 1. The normalized spacial score (nSPS) is 23.2. The van der Waals surface area contributed by atoms with Crippen LogP contribution in [0.5, 0.6) is 0 Å². The SMILES string of the molecule is O=c1c(C(F)(F)F)cc(C2CC2)nn1CN1CCC(CN2CCOCC2)CC1. The number of aromatic nitrogens is 2. The lowest BCUT2D eigenvalue weighted by Gasteiger charge is -2.36. The molecule has 0 unspecified atom stereocenters. The highest BCUT2D eigenvalue weighted by Crippen LogP contribution is 2.40. The largest absolute Gasteiger partial charge is 0.421 e. The van der Waals surface area contributed by atoms with Crippen LogP contribution in [-0.2, 0) is 17.6 Å². The molecule has 1 aliphatic carbocycles. The third kappa shape index (κ3) is 4.75. The van der Waals surface area contributed by atoms with E-state index in [1.807, 2.05) is 4.90 Å². The molecule has 28 heavy (non-hydrogen) atoms. The number of likely N-dealkylation sites (tertiary alicyclic amines) is 1. The molecule has 2 aliphatic heterocycles. The summed E-state index contributed by atoms with van der Waals surface area (Å²) in [4.78, 5) is 16.8. The van der Waals surface area contributed by atoms with E-state index >= 15 is 0 Å². The first-order valence-corrected chi connectivity index (χ1v) is 10.1. The minimum absolute atomic E-state index is 0.0622. The Bertz CT molecular complexity index is 734. The quantitative estimate of drug-likeness (QED) is 0.758. The molecule has 6 nitrogen and oxygen atoms in total. The molecule has 0 aromatic carbocycles. The van der Waals surface area contributed by atoms with Gasteiger partial charge in [0, 0.05) is 38.6 Å². The summed E-state index contributed by atoms with van der Waals surface area (Å²) in [7, 11) is 0. The van der Waals surface area contributed by atoms with Crippen LogP contribution in [0.2, 0.25) is 0 Å². The van der Waals surface area contributed by atoms with Gasteiger partial charge in [-0.2, -0.15) is 18.3 Å². The van der Waals surface area contributed by atoms with E-state index < -0.39 is 17.3 Å². The van der Waals surface area contributed by atoms with Crippen molar-refractivity contribution in [2.45, 2.75) is 44.4 Å². The van der Waals surface area contributed by atoms with Crippen molar-refractivity contribution in [2.24, 2.45) is 5.92 Å². The fourth-order valence-electron chi connectivity index (χ4n) is 4.09. The third-order valence-electron chi connectivity index (χ3n) is 5.96. The second-order valence-electron chi connectivity index (χ2n) is 8.18. The molecule has 0 N–H and O–H groups in total. The van der Waals surface area contributed by atoms with Gasteiger partial charge in [-0.3, -0.25) is 14.6 Å². The first kappa shape index (κ1) is 19.8. The van der Waals surface area contributed by atoms with E-state index in [9.17, 15) is 18.0 Å². The van der Waals surface area contributed by atoms with E-state index in [4.69, 9.17) is 4.74 Å². The van der Waals surface area contributed by atoms with Crippen LogP contribution in [0, 0.1) is 5.92 Å². The van der Waals surface area contributed by atoms with E-state index in [1.54, 1.807) is 0 Å². The molecular formula is C19H27F3N4O2. The fraction of sp³-hybridized carbons (Fsp3) is 0.789. The maximum Gasteiger partial charge on any atom is 0.421 e. The molecule has 0 bridgehead atoms. The lowest BCUT2D eigenvalue weighted by Crippen LogP contribution is -2.44. The Morgan fingerprint density at radius 3 is 2.32 bits per heavy atom. The number of hydrogen-bond donors (Lipinski definition) is 0. The maximum absolute atomic E-state index is 13.3. The molecule has 0 radical (unpaired) electrons. The topological polar surface area (TPSA) is 50.6 Å². The molecule has 3 fully saturated rings. The van der Waals surface area contributed by atoms with Crippen molar-refractivity contribution in [3.63, 3.8) is 0 Å². The zero-order valence-corrected chi connectivity index (χ0v) is 16.0. The van der Waals surface area contributed by atoms with Gasteiger partial charge in [0.25, 0.3) is 5.56 Å². The highest BCUT2D eigenvalue weighted by molar-refractivity contribution is 5.22. The Balaban J connectivity index is 1.39. The molecule has 0 amide bonds. The van der Waals surface area contributed by atoms with Gasteiger partial charge in [0.15, 0.2) is 0 Å². The van der Waals surface area contributed by atoms with E-state index in [1.165, 1.54) is 0 Å². The van der Waals surface area contributed by atoms with Crippen LogP contribution in [0.15, 0.2) is 10.9 Å². The summed E-state index contributed by atoms with van der Waals surface area (Å²) >= 11 is 0. The molecule has 4 rings (SSSR count). The Kier molecular flexibility index (Phi) is 5.76. The highest BCUT2D eigenvalue weighted by atomic mass is 19.4. The van der Waals surface area contributed by atoms with E-state index in [-0.39, 0.29) is 12.6 Å². The number of hydrogen-bond acceptors (Lipinski definition) is 5. The fourth-order valence-corrected chi connectivity index (χ4v) is 4.09. The molecule has 0 atom stereocenters. The van der Waals surface area contributed by atoms with Crippen molar-refractivity contribution < 1.29 is 17.9 Å². The van der Waals surface area contributed by atoms with Crippen molar-refractivity contribution >= 4 is 0 Å². The molecule has 3 aliphatic rings. The molecule has 2 saturated heterocycles. The van der Waals surface area contributed by atoms with Crippen LogP contribution >= 0.6 is 0 Å². The van der Waals surface area contributed by atoms with E-state index in [0.29, 0.717) is 11.6 Å². The standard InChI is InChI=1S/C19H27F3N4O2/c20-19(21,22)16-11-17(15-1-2-15)23-26(18(16)27)13-25-5-3-14(4-6-25)12-24-7-9-28-10-8-24/h11,14-15H,1-10,12-13H2. The first-order chi connectivity index (χ1) is 13.4. The molecule has 0 spiro atoms. The summed E-state index contributed by atoms with van der Waals surface area (Å²) < 4.78 is 46.2. The van der Waals surface area contributed by atoms with Crippen molar-refractivity contribution in [1.29, 1.82) is 0 Å². The van der Waals surface area contributed by atoms with Gasteiger partial charge < -0.3 is 4.74 Å². The van der Waals surface area contributed by atoms with Crippen LogP contribution in [0.25, 0.3) is 0 Å². The lowest BCUT2D eigenvalue weighted by atomic mass is 9.96. The second kappa shape index (κ2) is 8.12. The number of piperidine rings is 1. The van der Waals surface area contributed by atoms with Crippen LogP contribution in [0.3, 0.4) is 0 Å². The van der Waals surface area contributed by atoms with Crippen LogP contribution < -0.4 is 5.56 Å². The summed E-state index contributed by atoms with van der Waals surface area (Å²) in [5.74, 6) is 0.648. The minimum atomic E-state index is -4.64. The van der Waals surface area contributed by atoms with Crippen molar-refractivity contribution in [1.82, 2.24) is 19.6 Å². The Morgan fingerprint density at radius 2 is 1.71 bits per heavy atom. The number of halogens is 3. The van der Waals surface area contributed by atoms with Gasteiger partial charge >= 0.3 is 6.18 Å². The summed E-state index contributed by atoms with van der Waals surface area (Å²) in [5, 5.41) is 4.26. The van der Waals surface area contributed by atoms with Crippen LogP contribution in [0.1, 0.15) is 42.9 Å². The van der Waals surface area contributed by atoms with E-state index in [0.717, 1.165) is 82.4 Å². The highest BCUT2D eigenvalue weighted by Gasteiger charge is 2.38. The maximum atomic E-state index is 13.3. The number of rotatable bonds is 5. The minimum Gasteiger partial charge on any atom is -0.379 e. The monoisotopic (exact) mass is 400 g/mol. The van der Waals surface area contributed by atoms with Gasteiger partial charge in [-0.05, 0) is 37.7 Å². The number of morpholine rings is 1. The first-order valence-electron chi connectivity index (χ1n) is 10.1. The predicted octanol–water partition coefficient (Wildman–Crippen LogP) is 2.14. The van der Waals surface area contributed by atoms with Crippen molar-refractivity contribution in [3.05, 3.63) is 27.7 Å². The lowest BCUT2D eigenvalue weighted by molar-refractivity contribution is -0.139. The molecule has 9 heteroatoms. The zero-order valence-electron chi connectivity index (χ0n) is 16.0. The Hall–Kier alpha value is -1.45. The van der Waals surface area contributed by atoms with Crippen LogP contribution in [0.4, 0.5) is 13.2 Å². The number of alkyl halides is 3. The third-order valence-corrected chi connectivity index (χ3v) is 5.96. The van der Waals surface area contributed by atoms with Gasteiger partial charge in [0.05, 0.1) is 25.6 Å². The van der Waals surface area contributed by atoms with Crippen LogP contribution in [-0.4, -0.2) is 65.5 Å². The number of nitrogens with zero attached hydrogens (tertiary/aromatic N) is 4. The zero-order chi connectivity index (χ0) is 19.7. The molecular weight excluding hydrogens is 373 g/mol. The van der Waals surface area contributed by atoms with Gasteiger partial charge in [0.1, 0.15) is 5.56 Å². The average Bonchev–Trinajstić information content (AvgIpc) is 3.50. The molecule has 3 heterocycles. The summed E-state index contributed by atoms with van der Waals surface area (Å²) in [6.07, 6.45) is -0.984. The van der Waals surface area contributed by atoms with Gasteiger partial charge in [-0.25, -0.2) is 4.68 Å². The second-order valence-corrected chi connectivity index (χ2v) is 8.18. The van der Waals surface area contributed by atoms with Gasteiger partial charge in [-0.15, -0.1) is 0 Å². The summed E-state index contributed by atoms with van der Waals surface area (Å²) in [5.41, 5.74) is -1.73. The molecule has 156 valence electrons. The van der Waals surface area contributed by atoms with Gasteiger partial charge in [0.2, 0.25) is 0 Å². The Labute approximate surface area is 162 Å². The van der Waals surface area contributed by atoms with E-state index in [2.05, 4.69) is 10.00 Å². The smallest absolute Gasteiger partial charge is 0.379 e. The summed E-state index contributed by atoms with van der Waals surface area (Å²) in [6, 6.07) is 0.949. The molecule has 1 aromatic heterocycles. The predicted molar refractivity (Wildman–Crippen MR) is 97.0 cm³/mol. The Morgan fingerprint density at radius 1 is 1.04 bits per heavy atom. The molecule has 1 aromatic rings. The van der Waals surface area contributed by atoms with Crippen molar-refractivity contribution in [2.75, 3.05) is 45.9 Å².